The zero-order valence-electron chi connectivity index (χ0n) is 10.7. The van der Waals surface area contributed by atoms with E-state index in [-0.39, 0.29) is 0 Å². The second-order valence-corrected chi connectivity index (χ2v) is 6.43. The van der Waals surface area contributed by atoms with Crippen LogP contribution in [0.3, 0.4) is 0 Å². The summed E-state index contributed by atoms with van der Waals surface area (Å²) in [7, 11) is 0. The quantitative estimate of drug-likeness (QED) is 0.711. The van der Waals surface area contributed by atoms with Gasteiger partial charge in [-0.3, -0.25) is 4.90 Å². The minimum absolute atomic E-state index is 0.362. The molecule has 0 atom stereocenters. The minimum atomic E-state index is 0.362. The molecule has 2 heteroatoms. The normalized spacial score (nSPS) is 26.4. The van der Waals surface area contributed by atoms with Gasteiger partial charge in [-0.1, -0.05) is 6.92 Å². The lowest BCUT2D eigenvalue weighted by Gasteiger charge is -2.62. The van der Waals surface area contributed by atoms with Crippen molar-refractivity contribution < 1.29 is 4.74 Å². The molecule has 88 valence electrons. The maximum atomic E-state index is 5.76. The molecular weight excluding hydrogens is 186 g/mol. The van der Waals surface area contributed by atoms with Crippen LogP contribution in [0.4, 0.5) is 0 Å². The van der Waals surface area contributed by atoms with E-state index in [0.29, 0.717) is 17.1 Å². The lowest BCUT2D eigenvalue weighted by atomic mass is 9.61. The molecule has 0 unspecified atom stereocenters. The fourth-order valence-corrected chi connectivity index (χ4v) is 2.80. The van der Waals surface area contributed by atoms with Gasteiger partial charge in [-0.2, -0.15) is 0 Å². The third-order valence-corrected chi connectivity index (χ3v) is 3.88. The zero-order valence-corrected chi connectivity index (χ0v) is 10.7. The molecule has 2 nitrogen and oxygen atoms in total. The number of hydrogen-bond acceptors (Lipinski definition) is 2. The van der Waals surface area contributed by atoms with E-state index in [1.54, 1.807) is 0 Å². The Morgan fingerprint density at radius 1 is 1.27 bits per heavy atom. The highest BCUT2D eigenvalue weighted by Crippen LogP contribution is 2.51. The maximum absolute atomic E-state index is 5.76. The molecule has 0 N–H and O–H groups in total. The van der Waals surface area contributed by atoms with Gasteiger partial charge in [-0.15, -0.1) is 0 Å². The molecule has 2 fully saturated rings. The van der Waals surface area contributed by atoms with Gasteiger partial charge in [0.1, 0.15) is 0 Å². The zero-order chi connectivity index (χ0) is 11.1. The van der Waals surface area contributed by atoms with E-state index in [1.165, 1.54) is 25.9 Å². The number of hydrogen-bond donors (Lipinski definition) is 0. The van der Waals surface area contributed by atoms with Gasteiger partial charge in [0, 0.05) is 30.7 Å². The summed E-state index contributed by atoms with van der Waals surface area (Å²) in [6.45, 7) is 12.6. The number of nitrogens with zero attached hydrogens (tertiary/aromatic N) is 1. The first-order chi connectivity index (χ1) is 6.95. The first-order valence-electron chi connectivity index (χ1n) is 6.32. The largest absolute Gasteiger partial charge is 0.378 e. The number of rotatable bonds is 3. The third-order valence-electron chi connectivity index (χ3n) is 3.88. The number of ether oxygens (including phenoxy) is 1. The third kappa shape index (κ3) is 2.21. The van der Waals surface area contributed by atoms with E-state index in [4.69, 9.17) is 4.74 Å². The molecule has 0 amide bonds. The van der Waals surface area contributed by atoms with Crippen molar-refractivity contribution in [2.45, 2.75) is 58.6 Å². The van der Waals surface area contributed by atoms with Crippen LogP contribution in [-0.2, 0) is 4.74 Å². The van der Waals surface area contributed by atoms with Gasteiger partial charge in [0.05, 0.1) is 6.10 Å². The summed E-state index contributed by atoms with van der Waals surface area (Å²) in [5, 5.41) is 0. The smallest absolute Gasteiger partial charge is 0.0587 e. The minimum Gasteiger partial charge on any atom is -0.378 e. The molecule has 2 rings (SSSR count). The summed E-state index contributed by atoms with van der Waals surface area (Å²) in [6.07, 6.45) is 4.34. The summed E-state index contributed by atoms with van der Waals surface area (Å²) in [4.78, 5) is 2.59. The predicted octanol–water partition coefficient (Wildman–Crippen LogP) is 2.68. The van der Waals surface area contributed by atoms with Crippen LogP contribution in [0.25, 0.3) is 0 Å². The summed E-state index contributed by atoms with van der Waals surface area (Å²) in [6, 6.07) is 0. The molecule has 15 heavy (non-hydrogen) atoms. The molecule has 1 saturated heterocycles. The number of likely N-dealkylation sites (tertiary alicyclic amines) is 1. The highest BCUT2D eigenvalue weighted by atomic mass is 16.5. The fraction of sp³-hybridized carbons (Fsp3) is 1.00. The Bertz CT molecular complexity index is 217. The van der Waals surface area contributed by atoms with Crippen molar-refractivity contribution in [2.24, 2.45) is 5.41 Å². The average molecular weight is 211 g/mol. The predicted molar refractivity (Wildman–Crippen MR) is 63.0 cm³/mol. The molecule has 1 aliphatic heterocycles. The van der Waals surface area contributed by atoms with Gasteiger partial charge in [0.15, 0.2) is 0 Å². The van der Waals surface area contributed by atoms with Gasteiger partial charge in [0.2, 0.25) is 0 Å². The summed E-state index contributed by atoms with van der Waals surface area (Å²) >= 11 is 0. The van der Waals surface area contributed by atoms with E-state index in [0.717, 1.165) is 13.0 Å². The summed E-state index contributed by atoms with van der Waals surface area (Å²) < 4.78 is 5.76. The van der Waals surface area contributed by atoms with E-state index in [9.17, 15) is 0 Å². The Balaban J connectivity index is 1.69. The molecular formula is C13H25NO. The molecule has 2 aliphatic rings. The van der Waals surface area contributed by atoms with E-state index in [2.05, 4.69) is 32.6 Å². The summed E-state index contributed by atoms with van der Waals surface area (Å²) in [5.74, 6) is 0. The van der Waals surface area contributed by atoms with E-state index in [1.807, 2.05) is 0 Å². The van der Waals surface area contributed by atoms with Crippen LogP contribution in [-0.4, -0.2) is 36.2 Å². The molecule has 0 aromatic carbocycles. The fourth-order valence-electron chi connectivity index (χ4n) is 2.80. The van der Waals surface area contributed by atoms with Crippen LogP contribution in [0, 0.1) is 5.41 Å². The van der Waals surface area contributed by atoms with Gasteiger partial charge in [-0.25, -0.2) is 0 Å². The molecule has 1 heterocycles. The SMILES string of the molecule is CCCOC1CC2(C1)CN(C(C)(C)C)C2. The Labute approximate surface area is 94.0 Å². The van der Waals surface area contributed by atoms with Crippen molar-refractivity contribution in [1.82, 2.24) is 4.90 Å². The average Bonchev–Trinajstić information content (AvgIpc) is 1.96. The van der Waals surface area contributed by atoms with E-state index >= 15 is 0 Å². The molecule has 0 aromatic rings. The van der Waals surface area contributed by atoms with Crippen molar-refractivity contribution in [1.29, 1.82) is 0 Å². The Morgan fingerprint density at radius 3 is 2.33 bits per heavy atom. The lowest BCUT2D eigenvalue weighted by molar-refractivity contribution is -0.171. The van der Waals surface area contributed by atoms with E-state index < -0.39 is 0 Å². The van der Waals surface area contributed by atoms with Crippen LogP contribution < -0.4 is 0 Å². The van der Waals surface area contributed by atoms with Crippen molar-refractivity contribution in [3.63, 3.8) is 0 Å². The lowest BCUT2D eigenvalue weighted by Crippen LogP contribution is -2.68. The molecule has 0 aromatic heterocycles. The highest BCUT2D eigenvalue weighted by molar-refractivity contribution is 5.07. The highest BCUT2D eigenvalue weighted by Gasteiger charge is 2.54. The van der Waals surface area contributed by atoms with Crippen molar-refractivity contribution in [3.05, 3.63) is 0 Å². The van der Waals surface area contributed by atoms with Gasteiger partial charge < -0.3 is 4.74 Å². The Morgan fingerprint density at radius 2 is 1.87 bits per heavy atom. The molecule has 1 aliphatic carbocycles. The molecule has 1 saturated carbocycles. The van der Waals surface area contributed by atoms with Crippen LogP contribution in [0.1, 0.15) is 47.0 Å². The van der Waals surface area contributed by atoms with Crippen LogP contribution in [0.2, 0.25) is 0 Å². The first kappa shape index (κ1) is 11.4. The standard InChI is InChI=1S/C13H25NO/c1-5-6-15-11-7-13(8-11)9-14(10-13)12(2,3)4/h11H,5-10H2,1-4H3. The monoisotopic (exact) mass is 211 g/mol. The maximum Gasteiger partial charge on any atom is 0.0587 e. The van der Waals surface area contributed by atoms with Crippen molar-refractivity contribution in [3.8, 4) is 0 Å². The second-order valence-electron chi connectivity index (χ2n) is 6.43. The van der Waals surface area contributed by atoms with Gasteiger partial charge in [0.25, 0.3) is 0 Å². The Kier molecular flexibility index (Phi) is 2.85. The van der Waals surface area contributed by atoms with Crippen LogP contribution in [0.15, 0.2) is 0 Å². The molecule has 0 bridgehead atoms. The van der Waals surface area contributed by atoms with Crippen molar-refractivity contribution in [2.75, 3.05) is 19.7 Å². The summed E-state index contributed by atoms with van der Waals surface area (Å²) in [5.41, 5.74) is 1.01. The first-order valence-corrected chi connectivity index (χ1v) is 6.32. The molecule has 0 radical (unpaired) electrons. The Hall–Kier alpha value is -0.0800. The van der Waals surface area contributed by atoms with Crippen LogP contribution >= 0.6 is 0 Å². The van der Waals surface area contributed by atoms with Gasteiger partial charge in [-0.05, 0) is 40.0 Å². The molecule has 1 spiro atoms. The van der Waals surface area contributed by atoms with Crippen LogP contribution in [0.5, 0.6) is 0 Å². The van der Waals surface area contributed by atoms with Crippen molar-refractivity contribution >= 4 is 0 Å². The van der Waals surface area contributed by atoms with Gasteiger partial charge >= 0.3 is 0 Å². The second kappa shape index (κ2) is 3.74. The topological polar surface area (TPSA) is 12.5 Å².